The molecule has 3 heterocycles. The molecular weight excluding hydrogens is 378 g/mol. The number of pyridine rings is 1. The first-order valence-electron chi connectivity index (χ1n) is 10.5. The molecule has 1 aromatic carbocycles. The maximum atomic E-state index is 12.6. The maximum Gasteiger partial charge on any atom is 0.220 e. The summed E-state index contributed by atoms with van der Waals surface area (Å²) in [6.07, 6.45) is 6.94. The summed E-state index contributed by atoms with van der Waals surface area (Å²) < 4.78 is 7.36. The van der Waals surface area contributed by atoms with Crippen LogP contribution in [0.2, 0.25) is 0 Å². The Kier molecular flexibility index (Phi) is 4.86. The van der Waals surface area contributed by atoms with Gasteiger partial charge in [-0.15, -0.1) is 10.2 Å². The van der Waals surface area contributed by atoms with E-state index >= 15 is 0 Å². The molecule has 0 fully saturated rings. The fourth-order valence-electron chi connectivity index (χ4n) is 4.45. The van der Waals surface area contributed by atoms with Gasteiger partial charge in [0, 0.05) is 35.6 Å². The van der Waals surface area contributed by atoms with Crippen LogP contribution in [0.4, 0.5) is 0 Å². The largest absolute Gasteiger partial charge is 0.497 e. The zero-order valence-corrected chi connectivity index (χ0v) is 17.0. The number of carbonyl (C=O) groups is 1. The van der Waals surface area contributed by atoms with E-state index in [-0.39, 0.29) is 11.9 Å². The van der Waals surface area contributed by atoms with Gasteiger partial charge in [-0.1, -0.05) is 6.07 Å². The number of aryl methyl sites for hydroxylation is 2. The molecular formula is C23H25N5O2. The number of carbonyl (C=O) groups excluding carboxylic acids is 1. The van der Waals surface area contributed by atoms with Gasteiger partial charge in [-0.2, -0.15) is 0 Å². The SMILES string of the molecule is COc1ccc2[nH]c3c(c2c1)CCC[C@H]3NC(=O)CCCc1nnc2ccccn12. The summed E-state index contributed by atoms with van der Waals surface area (Å²) in [6.45, 7) is 0. The second-order valence-electron chi connectivity index (χ2n) is 7.84. The summed E-state index contributed by atoms with van der Waals surface area (Å²) in [4.78, 5) is 16.2. The molecule has 1 atom stereocenters. The molecule has 1 aliphatic rings. The number of fused-ring (bicyclic) bond motifs is 4. The van der Waals surface area contributed by atoms with E-state index in [0.29, 0.717) is 6.42 Å². The van der Waals surface area contributed by atoms with Crippen molar-refractivity contribution >= 4 is 22.5 Å². The molecule has 0 saturated carbocycles. The first kappa shape index (κ1) is 18.7. The molecule has 1 aliphatic carbocycles. The molecule has 0 aliphatic heterocycles. The van der Waals surface area contributed by atoms with Crippen molar-refractivity contribution in [2.75, 3.05) is 7.11 Å². The van der Waals surface area contributed by atoms with Crippen LogP contribution in [0.25, 0.3) is 16.6 Å². The Morgan fingerprint density at radius 1 is 1.30 bits per heavy atom. The fraction of sp³-hybridized carbons (Fsp3) is 0.348. The van der Waals surface area contributed by atoms with E-state index < -0.39 is 0 Å². The number of rotatable bonds is 6. The lowest BCUT2D eigenvalue weighted by molar-refractivity contribution is -0.122. The summed E-state index contributed by atoms with van der Waals surface area (Å²) in [6, 6.07) is 12.0. The first-order valence-corrected chi connectivity index (χ1v) is 10.5. The molecule has 7 nitrogen and oxygen atoms in total. The van der Waals surface area contributed by atoms with Crippen LogP contribution in [0.5, 0.6) is 5.75 Å². The zero-order chi connectivity index (χ0) is 20.5. The van der Waals surface area contributed by atoms with Gasteiger partial charge in [0.2, 0.25) is 5.91 Å². The standard InChI is InChI=1S/C23H25N5O2/c1-30-15-11-12-18-17(14-15)16-6-4-7-19(23(16)25-18)24-22(29)10-5-9-21-27-26-20-8-2-3-13-28(20)21/h2-3,8,11-14,19,25H,4-7,9-10H2,1H3,(H,24,29)/t19-/m1/s1. The third-order valence-corrected chi connectivity index (χ3v) is 5.94. The molecule has 0 bridgehead atoms. The Morgan fingerprint density at radius 3 is 3.13 bits per heavy atom. The van der Waals surface area contributed by atoms with Gasteiger partial charge >= 0.3 is 0 Å². The van der Waals surface area contributed by atoms with E-state index in [1.54, 1.807) is 7.11 Å². The van der Waals surface area contributed by atoms with Crippen LogP contribution in [0, 0.1) is 0 Å². The third-order valence-electron chi connectivity index (χ3n) is 5.94. The highest BCUT2D eigenvalue weighted by Gasteiger charge is 2.25. The molecule has 4 aromatic rings. The monoisotopic (exact) mass is 403 g/mol. The fourth-order valence-corrected chi connectivity index (χ4v) is 4.45. The predicted octanol–water partition coefficient (Wildman–Crippen LogP) is 3.74. The number of aromatic nitrogens is 4. The number of H-pyrrole nitrogens is 1. The van der Waals surface area contributed by atoms with Crippen molar-refractivity contribution in [1.29, 1.82) is 0 Å². The number of hydrogen-bond acceptors (Lipinski definition) is 4. The van der Waals surface area contributed by atoms with E-state index in [9.17, 15) is 4.79 Å². The van der Waals surface area contributed by atoms with Crippen molar-refractivity contribution in [2.45, 2.75) is 44.6 Å². The molecule has 0 spiro atoms. The van der Waals surface area contributed by atoms with Gasteiger partial charge in [-0.25, -0.2) is 0 Å². The van der Waals surface area contributed by atoms with Crippen LogP contribution in [0.3, 0.4) is 0 Å². The van der Waals surface area contributed by atoms with Crippen LogP contribution in [-0.4, -0.2) is 32.6 Å². The van der Waals surface area contributed by atoms with Crippen LogP contribution in [0.1, 0.15) is 48.8 Å². The molecule has 7 heteroatoms. The molecule has 2 N–H and O–H groups in total. The highest BCUT2D eigenvalue weighted by atomic mass is 16.5. The highest BCUT2D eigenvalue weighted by molar-refractivity contribution is 5.87. The summed E-state index contributed by atoms with van der Waals surface area (Å²) >= 11 is 0. The van der Waals surface area contributed by atoms with E-state index in [4.69, 9.17) is 4.74 Å². The minimum absolute atomic E-state index is 0.0357. The van der Waals surface area contributed by atoms with Crippen molar-refractivity contribution in [3.05, 3.63) is 59.7 Å². The quantitative estimate of drug-likeness (QED) is 0.514. The average molecular weight is 403 g/mol. The number of benzene rings is 1. The average Bonchev–Trinajstić information content (AvgIpc) is 3.35. The van der Waals surface area contributed by atoms with Crippen molar-refractivity contribution < 1.29 is 9.53 Å². The third kappa shape index (κ3) is 3.40. The number of hydrogen-bond donors (Lipinski definition) is 2. The lowest BCUT2D eigenvalue weighted by atomic mass is 9.91. The summed E-state index contributed by atoms with van der Waals surface area (Å²) in [5.41, 5.74) is 4.37. The van der Waals surface area contributed by atoms with Crippen molar-refractivity contribution in [3.63, 3.8) is 0 Å². The predicted molar refractivity (Wildman–Crippen MR) is 115 cm³/mol. The molecule has 154 valence electrons. The minimum atomic E-state index is 0.0357. The van der Waals surface area contributed by atoms with Gasteiger partial charge in [0.05, 0.1) is 13.2 Å². The second-order valence-corrected chi connectivity index (χ2v) is 7.84. The molecule has 3 aromatic heterocycles. The Bertz CT molecular complexity index is 1210. The van der Waals surface area contributed by atoms with Gasteiger partial charge in [0.1, 0.15) is 11.6 Å². The van der Waals surface area contributed by atoms with Crippen molar-refractivity contribution in [3.8, 4) is 5.75 Å². The molecule has 0 unspecified atom stereocenters. The van der Waals surface area contributed by atoms with Crippen LogP contribution in [-0.2, 0) is 17.6 Å². The van der Waals surface area contributed by atoms with E-state index in [1.807, 2.05) is 40.9 Å². The summed E-state index contributed by atoms with van der Waals surface area (Å²) in [7, 11) is 1.69. The first-order chi connectivity index (χ1) is 14.7. The van der Waals surface area contributed by atoms with Crippen LogP contribution in [0.15, 0.2) is 42.6 Å². The van der Waals surface area contributed by atoms with E-state index in [1.165, 1.54) is 10.9 Å². The Labute approximate surface area is 174 Å². The molecule has 0 radical (unpaired) electrons. The van der Waals surface area contributed by atoms with Gasteiger partial charge < -0.3 is 15.0 Å². The van der Waals surface area contributed by atoms with Gasteiger partial charge in [-0.3, -0.25) is 9.20 Å². The summed E-state index contributed by atoms with van der Waals surface area (Å²) in [5, 5.41) is 12.8. The molecule has 5 rings (SSSR count). The lowest BCUT2D eigenvalue weighted by Gasteiger charge is -2.24. The van der Waals surface area contributed by atoms with Crippen LogP contribution < -0.4 is 10.1 Å². The number of nitrogens with one attached hydrogen (secondary N) is 2. The molecule has 30 heavy (non-hydrogen) atoms. The zero-order valence-electron chi connectivity index (χ0n) is 17.0. The molecule has 0 saturated heterocycles. The minimum Gasteiger partial charge on any atom is -0.497 e. The Balaban J connectivity index is 1.25. The summed E-state index contributed by atoms with van der Waals surface area (Å²) in [5.74, 6) is 1.83. The number of ether oxygens (including phenoxy) is 1. The van der Waals surface area contributed by atoms with E-state index in [2.05, 4.69) is 26.6 Å². The van der Waals surface area contributed by atoms with Gasteiger partial charge in [0.25, 0.3) is 0 Å². The van der Waals surface area contributed by atoms with Gasteiger partial charge in [-0.05, 0) is 61.6 Å². The topological polar surface area (TPSA) is 84.3 Å². The smallest absolute Gasteiger partial charge is 0.220 e. The lowest BCUT2D eigenvalue weighted by Crippen LogP contribution is -2.30. The van der Waals surface area contributed by atoms with E-state index in [0.717, 1.165) is 60.5 Å². The normalized spacial score (nSPS) is 16.0. The van der Waals surface area contributed by atoms with Crippen molar-refractivity contribution in [1.82, 2.24) is 24.9 Å². The number of methoxy groups -OCH3 is 1. The van der Waals surface area contributed by atoms with Gasteiger partial charge in [0.15, 0.2) is 5.65 Å². The van der Waals surface area contributed by atoms with Crippen molar-refractivity contribution in [2.24, 2.45) is 0 Å². The Hall–Kier alpha value is -3.35. The maximum absolute atomic E-state index is 12.6. The molecule has 1 amide bonds. The second kappa shape index (κ2) is 7.82. The number of amides is 1. The number of nitrogens with zero attached hydrogens (tertiary/aromatic N) is 3. The number of aromatic amines is 1. The highest BCUT2D eigenvalue weighted by Crippen LogP contribution is 2.36. The van der Waals surface area contributed by atoms with Crippen LogP contribution >= 0.6 is 0 Å². The Morgan fingerprint density at radius 2 is 2.23 bits per heavy atom.